The lowest BCUT2D eigenvalue weighted by Crippen LogP contribution is -2.30. The van der Waals surface area contributed by atoms with Crippen LogP contribution < -0.4 is 4.90 Å². The van der Waals surface area contributed by atoms with Gasteiger partial charge in [0, 0.05) is 35.6 Å². The van der Waals surface area contributed by atoms with Gasteiger partial charge in [-0.15, -0.1) is 10.2 Å². The average Bonchev–Trinajstić information content (AvgIpc) is 3.35. The summed E-state index contributed by atoms with van der Waals surface area (Å²) in [5.41, 5.74) is 3.54. The highest BCUT2D eigenvalue weighted by Crippen LogP contribution is 2.36. The van der Waals surface area contributed by atoms with Crippen molar-refractivity contribution in [2.24, 2.45) is 0 Å². The zero-order chi connectivity index (χ0) is 22.3. The number of carbonyl (C=O) groups excluding carboxylic acids is 2. The van der Waals surface area contributed by atoms with Crippen molar-refractivity contribution in [3.63, 3.8) is 0 Å². The normalized spacial score (nSPS) is 13.5. The van der Waals surface area contributed by atoms with Gasteiger partial charge in [-0.05, 0) is 57.4 Å². The first-order valence-electron chi connectivity index (χ1n) is 10.0. The second-order valence-electron chi connectivity index (χ2n) is 7.74. The van der Waals surface area contributed by atoms with E-state index < -0.39 is 0 Å². The zero-order valence-electron chi connectivity index (χ0n) is 17.8. The SMILES string of the molecule is CC(=O)N(c1nnc(SCC(=O)c2cc(C)n(-c3ccc(C)c(F)c3)c2C)s1)C1CC1. The molecule has 2 heterocycles. The minimum absolute atomic E-state index is 0.0284. The topological polar surface area (TPSA) is 68.1 Å². The maximum absolute atomic E-state index is 14.0. The lowest BCUT2D eigenvalue weighted by molar-refractivity contribution is -0.116. The minimum atomic E-state index is -0.272. The van der Waals surface area contributed by atoms with Gasteiger partial charge in [0.1, 0.15) is 5.82 Å². The first kappa shape index (κ1) is 21.7. The molecule has 162 valence electrons. The number of nitrogens with zero attached hydrogens (tertiary/aromatic N) is 4. The maximum atomic E-state index is 14.0. The number of halogens is 1. The number of amides is 1. The first-order chi connectivity index (χ1) is 14.8. The van der Waals surface area contributed by atoms with Gasteiger partial charge in [0.2, 0.25) is 11.0 Å². The van der Waals surface area contributed by atoms with E-state index in [0.29, 0.717) is 26.3 Å². The summed E-state index contributed by atoms with van der Waals surface area (Å²) in [6.07, 6.45) is 1.97. The van der Waals surface area contributed by atoms with Crippen molar-refractivity contribution in [1.82, 2.24) is 14.8 Å². The van der Waals surface area contributed by atoms with Gasteiger partial charge in [0.15, 0.2) is 10.1 Å². The maximum Gasteiger partial charge on any atom is 0.225 e. The Morgan fingerprint density at radius 1 is 1.23 bits per heavy atom. The van der Waals surface area contributed by atoms with Crippen molar-refractivity contribution in [2.45, 2.75) is 50.9 Å². The summed E-state index contributed by atoms with van der Waals surface area (Å²) >= 11 is 2.65. The van der Waals surface area contributed by atoms with E-state index in [9.17, 15) is 14.0 Å². The number of hydrogen-bond acceptors (Lipinski definition) is 6. The Morgan fingerprint density at radius 2 is 1.97 bits per heavy atom. The van der Waals surface area contributed by atoms with Crippen LogP contribution in [0.5, 0.6) is 0 Å². The summed E-state index contributed by atoms with van der Waals surface area (Å²) in [5, 5.41) is 8.87. The molecule has 31 heavy (non-hydrogen) atoms. The quantitative estimate of drug-likeness (QED) is 0.287. The molecular weight excluding hydrogens is 435 g/mol. The molecule has 0 aliphatic heterocycles. The van der Waals surface area contributed by atoms with Crippen LogP contribution in [0, 0.1) is 26.6 Å². The number of Topliss-reactive ketones (excluding diaryl/α,β-unsaturated/α-hetero) is 1. The van der Waals surface area contributed by atoms with Crippen LogP contribution in [0.4, 0.5) is 9.52 Å². The summed E-state index contributed by atoms with van der Waals surface area (Å²) < 4.78 is 16.6. The number of anilines is 1. The van der Waals surface area contributed by atoms with E-state index in [-0.39, 0.29) is 29.3 Å². The summed E-state index contributed by atoms with van der Waals surface area (Å²) in [7, 11) is 0. The number of aryl methyl sites for hydroxylation is 2. The molecule has 0 bridgehead atoms. The third-order valence-corrected chi connectivity index (χ3v) is 7.38. The van der Waals surface area contributed by atoms with Crippen LogP contribution in [-0.4, -0.2) is 38.2 Å². The van der Waals surface area contributed by atoms with E-state index in [2.05, 4.69) is 10.2 Å². The van der Waals surface area contributed by atoms with Gasteiger partial charge >= 0.3 is 0 Å². The second kappa shape index (κ2) is 8.55. The Bertz CT molecular complexity index is 1170. The van der Waals surface area contributed by atoms with Gasteiger partial charge in [-0.2, -0.15) is 0 Å². The Balaban J connectivity index is 1.48. The molecule has 6 nitrogen and oxygen atoms in total. The Kier molecular flexibility index (Phi) is 5.98. The predicted molar refractivity (Wildman–Crippen MR) is 121 cm³/mol. The fourth-order valence-electron chi connectivity index (χ4n) is 3.61. The van der Waals surface area contributed by atoms with Crippen molar-refractivity contribution in [2.75, 3.05) is 10.7 Å². The van der Waals surface area contributed by atoms with Crippen LogP contribution in [0.1, 0.15) is 47.1 Å². The van der Waals surface area contributed by atoms with Crippen molar-refractivity contribution in [1.29, 1.82) is 0 Å². The lowest BCUT2D eigenvalue weighted by atomic mass is 10.2. The number of rotatable bonds is 7. The number of benzene rings is 1. The number of ketones is 1. The van der Waals surface area contributed by atoms with E-state index in [1.807, 2.05) is 30.5 Å². The van der Waals surface area contributed by atoms with Crippen LogP contribution in [0.2, 0.25) is 0 Å². The van der Waals surface area contributed by atoms with Gasteiger partial charge in [-0.25, -0.2) is 4.39 Å². The molecule has 0 saturated heterocycles. The molecule has 9 heteroatoms. The molecule has 4 rings (SSSR count). The molecule has 0 atom stereocenters. The largest absolute Gasteiger partial charge is 0.318 e. The molecule has 0 radical (unpaired) electrons. The van der Waals surface area contributed by atoms with Crippen LogP contribution >= 0.6 is 23.1 Å². The molecule has 0 unspecified atom stereocenters. The Hall–Kier alpha value is -2.52. The van der Waals surface area contributed by atoms with E-state index in [4.69, 9.17) is 0 Å². The monoisotopic (exact) mass is 458 g/mol. The molecule has 1 aromatic carbocycles. The summed E-state index contributed by atoms with van der Waals surface area (Å²) in [6.45, 7) is 7.03. The summed E-state index contributed by atoms with van der Waals surface area (Å²) in [6, 6.07) is 7.14. The van der Waals surface area contributed by atoms with E-state index in [0.717, 1.165) is 24.2 Å². The second-order valence-corrected chi connectivity index (χ2v) is 9.91. The molecule has 1 saturated carbocycles. The van der Waals surface area contributed by atoms with E-state index in [1.165, 1.54) is 36.1 Å². The minimum Gasteiger partial charge on any atom is -0.318 e. The van der Waals surface area contributed by atoms with Gasteiger partial charge in [-0.1, -0.05) is 29.2 Å². The highest BCUT2D eigenvalue weighted by Gasteiger charge is 2.34. The van der Waals surface area contributed by atoms with Gasteiger partial charge < -0.3 is 4.57 Å². The highest BCUT2D eigenvalue weighted by atomic mass is 32.2. The third-order valence-electron chi connectivity index (χ3n) is 5.33. The molecular formula is C22H23FN4O2S2. The predicted octanol–water partition coefficient (Wildman–Crippen LogP) is 4.88. The van der Waals surface area contributed by atoms with Crippen LogP contribution in [0.25, 0.3) is 5.69 Å². The number of thioether (sulfide) groups is 1. The Morgan fingerprint density at radius 3 is 2.61 bits per heavy atom. The van der Waals surface area contributed by atoms with Crippen LogP contribution in [-0.2, 0) is 4.79 Å². The standard InChI is InChI=1S/C22H23FN4O2S2/c1-12-5-6-17(10-19(12)23)26-13(2)9-18(14(26)3)20(29)11-30-22-25-24-21(31-22)27(15(4)28)16-7-8-16/h5-6,9-10,16H,7-8,11H2,1-4H3. The fourth-order valence-corrected chi connectivity index (χ4v) is 5.45. The molecule has 0 spiro atoms. The van der Waals surface area contributed by atoms with Crippen LogP contribution in [0.15, 0.2) is 28.6 Å². The fraction of sp³-hybridized carbons (Fsp3) is 0.364. The number of hydrogen-bond donors (Lipinski definition) is 0. The molecule has 1 amide bonds. The molecule has 0 N–H and O–H groups in total. The number of carbonyl (C=O) groups is 2. The smallest absolute Gasteiger partial charge is 0.225 e. The number of aromatic nitrogens is 3. The van der Waals surface area contributed by atoms with Crippen LogP contribution in [0.3, 0.4) is 0 Å². The first-order valence-corrected chi connectivity index (χ1v) is 11.8. The van der Waals surface area contributed by atoms with Gasteiger partial charge in [-0.3, -0.25) is 14.5 Å². The van der Waals surface area contributed by atoms with Crippen molar-refractivity contribution >= 4 is 39.9 Å². The zero-order valence-corrected chi connectivity index (χ0v) is 19.4. The highest BCUT2D eigenvalue weighted by molar-refractivity contribution is 8.01. The summed E-state index contributed by atoms with van der Waals surface area (Å²) in [4.78, 5) is 26.5. The molecule has 1 aliphatic rings. The lowest BCUT2D eigenvalue weighted by Gasteiger charge is -2.15. The van der Waals surface area contributed by atoms with E-state index in [1.54, 1.807) is 17.9 Å². The summed E-state index contributed by atoms with van der Waals surface area (Å²) in [5.74, 6) is -0.123. The van der Waals surface area contributed by atoms with E-state index >= 15 is 0 Å². The molecule has 1 aliphatic carbocycles. The molecule has 3 aromatic rings. The molecule has 2 aromatic heterocycles. The van der Waals surface area contributed by atoms with Gasteiger partial charge in [0.05, 0.1) is 5.75 Å². The Labute approximate surface area is 188 Å². The van der Waals surface area contributed by atoms with Crippen molar-refractivity contribution in [3.8, 4) is 5.69 Å². The van der Waals surface area contributed by atoms with Crippen molar-refractivity contribution in [3.05, 3.63) is 52.6 Å². The average molecular weight is 459 g/mol. The molecule has 1 fully saturated rings. The third kappa shape index (κ3) is 4.43. The van der Waals surface area contributed by atoms with Crippen molar-refractivity contribution < 1.29 is 14.0 Å². The van der Waals surface area contributed by atoms with Gasteiger partial charge in [0.25, 0.3) is 0 Å².